The molecule has 3 aliphatic rings. The molecule has 0 saturated carbocycles. The maximum absolute atomic E-state index is 13.1. The van der Waals surface area contributed by atoms with Gasteiger partial charge in [-0.05, 0) is 50.0 Å². The van der Waals surface area contributed by atoms with Gasteiger partial charge < -0.3 is 15.2 Å². The molecule has 0 aromatic rings. The number of hydrogen-bond acceptors (Lipinski definition) is 5. The van der Waals surface area contributed by atoms with Crippen LogP contribution in [0, 0.1) is 11.3 Å². The summed E-state index contributed by atoms with van der Waals surface area (Å²) in [5, 5.41) is 0. The van der Waals surface area contributed by atoms with Crippen LogP contribution in [0.25, 0.3) is 0 Å². The van der Waals surface area contributed by atoms with Crippen LogP contribution < -0.4 is 5.73 Å². The lowest BCUT2D eigenvalue weighted by atomic mass is 9.68. The Kier molecular flexibility index (Phi) is 4.94. The first-order valence-corrected chi connectivity index (χ1v) is 9.39. The maximum Gasteiger partial charge on any atom is 0.143 e. The maximum atomic E-state index is 13.1. The van der Waals surface area contributed by atoms with E-state index in [4.69, 9.17) is 15.2 Å². The van der Waals surface area contributed by atoms with E-state index in [1.807, 2.05) is 11.8 Å². The first-order valence-electron chi connectivity index (χ1n) is 8.24. The van der Waals surface area contributed by atoms with Gasteiger partial charge in [0.05, 0.1) is 5.60 Å². The van der Waals surface area contributed by atoms with Gasteiger partial charge in [0.25, 0.3) is 0 Å². The van der Waals surface area contributed by atoms with Gasteiger partial charge in [-0.1, -0.05) is 0 Å². The molecule has 3 heterocycles. The van der Waals surface area contributed by atoms with E-state index in [0.29, 0.717) is 25.5 Å². The van der Waals surface area contributed by atoms with Crippen LogP contribution in [0.4, 0.5) is 0 Å². The molecule has 0 aromatic heterocycles. The van der Waals surface area contributed by atoms with Crippen molar-refractivity contribution in [3.8, 4) is 0 Å². The smallest absolute Gasteiger partial charge is 0.143 e. The minimum absolute atomic E-state index is 0.0230. The molecule has 1 atom stereocenters. The molecule has 3 aliphatic heterocycles. The van der Waals surface area contributed by atoms with Crippen molar-refractivity contribution in [3.63, 3.8) is 0 Å². The number of Topliss-reactive ketones (excluding diaryl/α,β-unsaturated/α-hetero) is 1. The van der Waals surface area contributed by atoms with Gasteiger partial charge in [-0.3, -0.25) is 4.79 Å². The molecular weight excluding hydrogens is 286 g/mol. The highest BCUT2D eigenvalue weighted by Gasteiger charge is 2.47. The topological polar surface area (TPSA) is 61.6 Å². The van der Waals surface area contributed by atoms with Gasteiger partial charge in [-0.25, -0.2) is 0 Å². The Bertz CT molecular complexity index is 370. The van der Waals surface area contributed by atoms with E-state index in [9.17, 15) is 4.79 Å². The number of rotatable bonds is 3. The molecule has 0 aliphatic carbocycles. The third-order valence-corrected chi connectivity index (χ3v) is 6.62. The Balaban J connectivity index is 1.71. The second kappa shape index (κ2) is 6.57. The lowest BCUT2D eigenvalue weighted by Crippen LogP contribution is -2.51. The van der Waals surface area contributed by atoms with Gasteiger partial charge in [0.1, 0.15) is 5.78 Å². The number of ketones is 1. The van der Waals surface area contributed by atoms with Crippen LogP contribution in [-0.4, -0.2) is 49.3 Å². The van der Waals surface area contributed by atoms with Crippen molar-refractivity contribution in [2.75, 3.05) is 37.9 Å². The quantitative estimate of drug-likeness (QED) is 0.863. The Morgan fingerprint density at radius 2 is 1.86 bits per heavy atom. The molecule has 3 saturated heterocycles. The number of hydrogen-bond donors (Lipinski definition) is 1. The number of ether oxygens (including phenoxy) is 2. The summed E-state index contributed by atoms with van der Waals surface area (Å²) in [5.74, 6) is 2.87. The number of carbonyl (C=O) groups is 1. The van der Waals surface area contributed by atoms with E-state index in [-0.39, 0.29) is 16.9 Å². The fourth-order valence-corrected chi connectivity index (χ4v) is 5.33. The van der Waals surface area contributed by atoms with Crippen molar-refractivity contribution in [1.82, 2.24) is 0 Å². The number of nitrogens with two attached hydrogens (primary N) is 1. The van der Waals surface area contributed by atoms with Crippen LogP contribution >= 0.6 is 11.8 Å². The Labute approximate surface area is 131 Å². The molecule has 1 unspecified atom stereocenters. The molecule has 2 N–H and O–H groups in total. The highest BCUT2D eigenvalue weighted by molar-refractivity contribution is 7.99. The van der Waals surface area contributed by atoms with Crippen LogP contribution in [0.2, 0.25) is 0 Å². The molecule has 1 spiro atoms. The van der Waals surface area contributed by atoms with Crippen LogP contribution in [0.1, 0.15) is 38.5 Å². The lowest BCUT2D eigenvalue weighted by molar-refractivity contribution is -0.151. The molecule has 21 heavy (non-hydrogen) atoms. The van der Waals surface area contributed by atoms with E-state index in [0.717, 1.165) is 56.6 Å². The molecular formula is C16H27NO3S. The first kappa shape index (κ1) is 15.8. The summed E-state index contributed by atoms with van der Waals surface area (Å²) in [5.41, 5.74) is 5.65. The van der Waals surface area contributed by atoms with Gasteiger partial charge in [-0.15, -0.1) is 0 Å². The monoisotopic (exact) mass is 313 g/mol. The van der Waals surface area contributed by atoms with Gasteiger partial charge in [0.2, 0.25) is 0 Å². The minimum Gasteiger partial charge on any atom is -0.381 e. The summed E-state index contributed by atoms with van der Waals surface area (Å²) in [4.78, 5) is 13.1. The van der Waals surface area contributed by atoms with Crippen LogP contribution in [-0.2, 0) is 14.3 Å². The summed E-state index contributed by atoms with van der Waals surface area (Å²) in [7, 11) is 0. The zero-order valence-corrected chi connectivity index (χ0v) is 13.6. The molecule has 4 nitrogen and oxygen atoms in total. The lowest BCUT2D eigenvalue weighted by Gasteiger charge is -2.45. The van der Waals surface area contributed by atoms with Gasteiger partial charge in [0, 0.05) is 37.7 Å². The number of thioether (sulfide) groups is 1. The summed E-state index contributed by atoms with van der Waals surface area (Å²) < 4.78 is 11.6. The fourth-order valence-electron chi connectivity index (χ4n) is 4.09. The summed E-state index contributed by atoms with van der Waals surface area (Å²) in [6.07, 6.45) is 5.57. The van der Waals surface area contributed by atoms with Crippen molar-refractivity contribution in [3.05, 3.63) is 0 Å². The van der Waals surface area contributed by atoms with E-state index >= 15 is 0 Å². The predicted molar refractivity (Wildman–Crippen MR) is 84.5 cm³/mol. The van der Waals surface area contributed by atoms with Crippen LogP contribution in [0.15, 0.2) is 0 Å². The largest absolute Gasteiger partial charge is 0.381 e. The third-order valence-electron chi connectivity index (χ3n) is 5.63. The fraction of sp³-hybridized carbons (Fsp3) is 0.938. The summed E-state index contributed by atoms with van der Waals surface area (Å²) in [6, 6.07) is 0. The van der Waals surface area contributed by atoms with E-state index in [1.54, 1.807) is 0 Å². The highest BCUT2D eigenvalue weighted by Crippen LogP contribution is 2.43. The SMILES string of the molecule is NCC1(C(=O)C2CCOC3(CCSCC3)C2)CCOCC1. The predicted octanol–water partition coefficient (Wildman–Crippen LogP) is 2.00. The van der Waals surface area contributed by atoms with Gasteiger partial charge in [-0.2, -0.15) is 11.8 Å². The molecule has 0 bridgehead atoms. The normalized spacial score (nSPS) is 32.0. The van der Waals surface area contributed by atoms with E-state index < -0.39 is 0 Å². The van der Waals surface area contributed by atoms with Crippen molar-refractivity contribution < 1.29 is 14.3 Å². The second-order valence-corrected chi connectivity index (χ2v) is 8.02. The average Bonchev–Trinajstić information content (AvgIpc) is 2.55. The van der Waals surface area contributed by atoms with E-state index in [1.165, 1.54) is 0 Å². The van der Waals surface area contributed by atoms with Crippen molar-refractivity contribution in [2.45, 2.75) is 44.1 Å². The summed E-state index contributed by atoms with van der Waals surface area (Å²) >= 11 is 2.00. The molecule has 0 amide bonds. The van der Waals surface area contributed by atoms with Crippen molar-refractivity contribution in [2.24, 2.45) is 17.1 Å². The van der Waals surface area contributed by atoms with Crippen LogP contribution in [0.5, 0.6) is 0 Å². The zero-order valence-electron chi connectivity index (χ0n) is 12.8. The molecule has 5 heteroatoms. The molecule has 3 rings (SSSR count). The Morgan fingerprint density at radius 1 is 1.14 bits per heavy atom. The standard InChI is InChI=1S/C16H27NO3S/c17-12-15(2-7-19-8-3-15)14(18)13-1-6-20-16(11-13)4-9-21-10-5-16/h13H,1-12,17H2. The van der Waals surface area contributed by atoms with Crippen molar-refractivity contribution in [1.29, 1.82) is 0 Å². The highest BCUT2D eigenvalue weighted by atomic mass is 32.2. The zero-order chi connectivity index (χ0) is 14.8. The third kappa shape index (κ3) is 3.16. The van der Waals surface area contributed by atoms with Gasteiger partial charge >= 0.3 is 0 Å². The van der Waals surface area contributed by atoms with Gasteiger partial charge in [0.15, 0.2) is 0 Å². The summed E-state index contributed by atoms with van der Waals surface area (Å²) in [6.45, 7) is 2.55. The van der Waals surface area contributed by atoms with E-state index in [2.05, 4.69) is 0 Å². The van der Waals surface area contributed by atoms with Crippen molar-refractivity contribution >= 4 is 17.5 Å². The first-order chi connectivity index (χ1) is 10.2. The molecule has 0 aromatic carbocycles. The minimum atomic E-state index is -0.329. The molecule has 3 fully saturated rings. The Morgan fingerprint density at radius 3 is 2.52 bits per heavy atom. The second-order valence-electron chi connectivity index (χ2n) is 6.79. The Hall–Kier alpha value is -0.100. The number of carbonyl (C=O) groups excluding carboxylic acids is 1. The molecule has 120 valence electrons. The average molecular weight is 313 g/mol. The van der Waals surface area contributed by atoms with Crippen LogP contribution in [0.3, 0.4) is 0 Å². The molecule has 0 radical (unpaired) electrons.